The van der Waals surface area contributed by atoms with Gasteiger partial charge >= 0.3 is 0 Å². The van der Waals surface area contributed by atoms with Gasteiger partial charge in [-0.2, -0.15) is 0 Å². The molecule has 0 aliphatic carbocycles. The normalized spacial score (nSPS) is 11.1. The Labute approximate surface area is 131 Å². The van der Waals surface area contributed by atoms with Crippen LogP contribution in [0.5, 0.6) is 5.75 Å². The molecule has 2 rings (SSSR count). The highest BCUT2D eigenvalue weighted by Crippen LogP contribution is 2.15. The molecule has 1 N–H and O–H groups in total. The molecule has 0 unspecified atom stereocenters. The Balaban J connectivity index is 1.86. The van der Waals surface area contributed by atoms with Crippen LogP contribution < -0.4 is 9.46 Å². The quantitative estimate of drug-likeness (QED) is 0.843. The maximum Gasteiger partial charge on any atom is 0.236 e. The van der Waals surface area contributed by atoms with Crippen molar-refractivity contribution < 1.29 is 17.5 Å². The Morgan fingerprint density at radius 1 is 1.05 bits per heavy atom. The van der Waals surface area contributed by atoms with Gasteiger partial charge < -0.3 is 4.74 Å². The van der Waals surface area contributed by atoms with Gasteiger partial charge in [0.15, 0.2) is 0 Å². The molecule has 112 valence electrons. The van der Waals surface area contributed by atoms with Crippen LogP contribution in [0.15, 0.2) is 53.0 Å². The SMILES string of the molecule is O=S(=O)(CCOc1ccc(F)cc1)Nc1ccc(Br)cc1. The van der Waals surface area contributed by atoms with E-state index < -0.39 is 10.0 Å². The van der Waals surface area contributed by atoms with Crippen LogP contribution in [0.1, 0.15) is 0 Å². The standard InChI is InChI=1S/C14H13BrFNO3S/c15-11-1-5-13(6-2-11)17-21(18,19)10-9-20-14-7-3-12(16)4-8-14/h1-8,17H,9-10H2. The molecule has 4 nitrogen and oxygen atoms in total. The molecule has 0 spiro atoms. The van der Waals surface area contributed by atoms with Crippen LogP contribution in [0.2, 0.25) is 0 Å². The molecule has 0 saturated carbocycles. The zero-order valence-electron chi connectivity index (χ0n) is 10.9. The van der Waals surface area contributed by atoms with Gasteiger partial charge in [-0.1, -0.05) is 15.9 Å². The van der Waals surface area contributed by atoms with Crippen LogP contribution in [0.25, 0.3) is 0 Å². The summed E-state index contributed by atoms with van der Waals surface area (Å²) in [6.45, 7) is -0.0164. The van der Waals surface area contributed by atoms with Gasteiger partial charge in [0.25, 0.3) is 0 Å². The Kier molecular flexibility index (Phi) is 5.19. The molecular formula is C14H13BrFNO3S. The van der Waals surface area contributed by atoms with E-state index in [9.17, 15) is 12.8 Å². The maximum absolute atomic E-state index is 12.7. The minimum Gasteiger partial charge on any atom is -0.492 e. The number of hydrogen-bond acceptors (Lipinski definition) is 3. The molecule has 0 heterocycles. The Bertz CT molecular complexity index is 687. The number of halogens is 2. The van der Waals surface area contributed by atoms with Crippen LogP contribution in [0, 0.1) is 5.82 Å². The third-order valence-corrected chi connectivity index (χ3v) is 4.33. The Hall–Kier alpha value is -1.60. The molecule has 0 atom stereocenters. The van der Waals surface area contributed by atoms with E-state index in [-0.39, 0.29) is 18.2 Å². The van der Waals surface area contributed by atoms with Crippen LogP contribution in [0.4, 0.5) is 10.1 Å². The van der Waals surface area contributed by atoms with E-state index in [0.717, 1.165) is 4.47 Å². The number of hydrogen-bond donors (Lipinski definition) is 1. The molecule has 0 radical (unpaired) electrons. The molecule has 2 aromatic carbocycles. The third kappa shape index (κ3) is 5.35. The second-order valence-electron chi connectivity index (χ2n) is 4.23. The van der Waals surface area contributed by atoms with Crippen molar-refractivity contribution in [3.63, 3.8) is 0 Å². The Morgan fingerprint density at radius 3 is 2.29 bits per heavy atom. The molecule has 0 aliphatic heterocycles. The average Bonchev–Trinajstić information content (AvgIpc) is 2.43. The first-order chi connectivity index (χ1) is 9.94. The molecule has 0 saturated heterocycles. The van der Waals surface area contributed by atoms with Gasteiger partial charge in [-0.3, -0.25) is 4.72 Å². The van der Waals surface area contributed by atoms with Crippen LogP contribution in [0.3, 0.4) is 0 Å². The second-order valence-corrected chi connectivity index (χ2v) is 6.99. The predicted octanol–water partition coefficient (Wildman–Crippen LogP) is 3.41. The molecule has 0 amide bonds. The van der Waals surface area contributed by atoms with Crippen molar-refractivity contribution in [2.24, 2.45) is 0 Å². The van der Waals surface area contributed by atoms with Crippen molar-refractivity contribution in [3.8, 4) is 5.75 Å². The largest absolute Gasteiger partial charge is 0.492 e. The molecule has 0 aromatic heterocycles. The lowest BCUT2D eigenvalue weighted by Gasteiger charge is -2.09. The third-order valence-electron chi connectivity index (χ3n) is 2.55. The topological polar surface area (TPSA) is 55.4 Å². The lowest BCUT2D eigenvalue weighted by atomic mass is 10.3. The van der Waals surface area contributed by atoms with Crippen LogP contribution in [-0.4, -0.2) is 20.8 Å². The summed E-state index contributed by atoms with van der Waals surface area (Å²) in [5, 5.41) is 0. The van der Waals surface area contributed by atoms with E-state index in [4.69, 9.17) is 4.74 Å². The average molecular weight is 374 g/mol. The monoisotopic (exact) mass is 373 g/mol. The number of nitrogens with one attached hydrogen (secondary N) is 1. The number of rotatable bonds is 6. The summed E-state index contributed by atoms with van der Waals surface area (Å²) in [5.41, 5.74) is 0.486. The minimum absolute atomic E-state index is 0.0164. The number of anilines is 1. The maximum atomic E-state index is 12.7. The van der Waals surface area contributed by atoms with E-state index >= 15 is 0 Å². The number of sulfonamides is 1. The van der Waals surface area contributed by atoms with E-state index in [1.807, 2.05) is 0 Å². The van der Waals surface area contributed by atoms with E-state index in [1.54, 1.807) is 24.3 Å². The molecule has 0 fully saturated rings. The van der Waals surface area contributed by atoms with Crippen molar-refractivity contribution in [1.29, 1.82) is 0 Å². The van der Waals surface area contributed by atoms with Gasteiger partial charge in [-0.15, -0.1) is 0 Å². The Morgan fingerprint density at radius 2 is 1.67 bits per heavy atom. The van der Waals surface area contributed by atoms with E-state index in [2.05, 4.69) is 20.7 Å². The molecule has 7 heteroatoms. The predicted molar refractivity (Wildman–Crippen MR) is 83.4 cm³/mol. The first kappa shape index (κ1) is 15.8. The lowest BCUT2D eigenvalue weighted by molar-refractivity contribution is 0.340. The fraction of sp³-hybridized carbons (Fsp3) is 0.143. The highest BCUT2D eigenvalue weighted by molar-refractivity contribution is 9.10. The first-order valence-corrected chi connectivity index (χ1v) is 8.53. The van der Waals surface area contributed by atoms with Crippen molar-refractivity contribution in [3.05, 3.63) is 58.8 Å². The number of ether oxygens (including phenoxy) is 1. The summed E-state index contributed by atoms with van der Waals surface area (Å²) >= 11 is 3.27. The van der Waals surface area contributed by atoms with Gasteiger partial charge in [0, 0.05) is 10.2 Å². The van der Waals surface area contributed by atoms with E-state index in [1.165, 1.54) is 24.3 Å². The van der Waals surface area contributed by atoms with Crippen LogP contribution in [-0.2, 0) is 10.0 Å². The zero-order chi connectivity index (χ0) is 15.3. The smallest absolute Gasteiger partial charge is 0.236 e. The highest BCUT2D eigenvalue weighted by atomic mass is 79.9. The molecule has 0 aliphatic rings. The minimum atomic E-state index is -3.49. The van der Waals surface area contributed by atoms with Crippen molar-refractivity contribution in [2.45, 2.75) is 0 Å². The molecule has 0 bridgehead atoms. The molecule has 2 aromatic rings. The van der Waals surface area contributed by atoms with Crippen molar-refractivity contribution in [2.75, 3.05) is 17.1 Å². The summed E-state index contributed by atoms with van der Waals surface area (Å²) in [4.78, 5) is 0. The lowest BCUT2D eigenvalue weighted by Crippen LogP contribution is -2.21. The summed E-state index contributed by atoms with van der Waals surface area (Å²) in [5.74, 6) is -0.136. The fourth-order valence-corrected chi connectivity index (χ4v) is 2.71. The van der Waals surface area contributed by atoms with Gasteiger partial charge in [-0.05, 0) is 48.5 Å². The van der Waals surface area contributed by atoms with Gasteiger partial charge in [0.1, 0.15) is 23.9 Å². The first-order valence-electron chi connectivity index (χ1n) is 6.09. The zero-order valence-corrected chi connectivity index (χ0v) is 13.3. The molecular weight excluding hydrogens is 361 g/mol. The van der Waals surface area contributed by atoms with Gasteiger partial charge in [-0.25, -0.2) is 12.8 Å². The molecule has 21 heavy (non-hydrogen) atoms. The second kappa shape index (κ2) is 6.91. The summed E-state index contributed by atoms with van der Waals surface area (Å²) in [7, 11) is -3.49. The van der Waals surface area contributed by atoms with E-state index in [0.29, 0.717) is 11.4 Å². The van der Waals surface area contributed by atoms with Crippen molar-refractivity contribution >= 4 is 31.6 Å². The van der Waals surface area contributed by atoms with Gasteiger partial charge in [0.2, 0.25) is 10.0 Å². The summed E-state index contributed by atoms with van der Waals surface area (Å²) < 4.78 is 45.0. The summed E-state index contributed by atoms with van der Waals surface area (Å²) in [6, 6.07) is 12.2. The highest BCUT2D eigenvalue weighted by Gasteiger charge is 2.10. The van der Waals surface area contributed by atoms with Crippen LogP contribution >= 0.6 is 15.9 Å². The fourth-order valence-electron chi connectivity index (χ4n) is 1.55. The number of benzene rings is 2. The summed E-state index contributed by atoms with van der Waals surface area (Å²) in [6.07, 6.45) is 0. The van der Waals surface area contributed by atoms with Crippen molar-refractivity contribution in [1.82, 2.24) is 0 Å². The van der Waals surface area contributed by atoms with Gasteiger partial charge in [0.05, 0.1) is 0 Å².